The molecule has 0 aromatic heterocycles. The molecule has 0 aliphatic rings. The maximum absolute atomic E-state index is 9.95. The van der Waals surface area contributed by atoms with Crippen LogP contribution < -0.4 is 0 Å². The van der Waals surface area contributed by atoms with Crippen LogP contribution in [0, 0.1) is 0 Å². The number of aliphatic hydroxyl groups excluding tert-OH is 4. The molecule has 0 rings (SSSR count). The third kappa shape index (κ3) is 3.08. The summed E-state index contributed by atoms with van der Waals surface area (Å²) in [6.45, 7) is 0. The maximum atomic E-state index is 9.95. The highest BCUT2D eigenvalue weighted by molar-refractivity contribution is 7.99. The summed E-state index contributed by atoms with van der Waals surface area (Å²) in [5.41, 5.74) is -1.21. The van der Waals surface area contributed by atoms with Gasteiger partial charge in [-0.25, -0.2) is 0 Å². The monoisotopic (exact) mass is 196 g/mol. The van der Waals surface area contributed by atoms with E-state index in [0.717, 1.165) is 11.8 Å². The molecule has 0 aromatic rings. The summed E-state index contributed by atoms with van der Waals surface area (Å²) in [7, 11) is 0. The van der Waals surface area contributed by atoms with Crippen LogP contribution in [0.4, 0.5) is 0 Å². The van der Waals surface area contributed by atoms with E-state index in [4.69, 9.17) is 20.4 Å². The molecule has 0 fully saturated rings. The van der Waals surface area contributed by atoms with Gasteiger partial charge in [0.05, 0.1) is 0 Å². The van der Waals surface area contributed by atoms with Crippen LogP contribution in [-0.4, -0.2) is 56.7 Å². The first-order chi connectivity index (χ1) is 5.54. The number of aldehydes is 1. The molecule has 5 nitrogen and oxygen atoms in total. The van der Waals surface area contributed by atoms with Crippen LogP contribution in [0.25, 0.3) is 0 Å². The summed E-state index contributed by atoms with van der Waals surface area (Å²) in [6, 6.07) is 0. The first-order valence-electron chi connectivity index (χ1n) is 3.25. The van der Waals surface area contributed by atoms with Crippen LogP contribution >= 0.6 is 11.8 Å². The van der Waals surface area contributed by atoms with Gasteiger partial charge >= 0.3 is 0 Å². The molecule has 4 unspecified atom stereocenters. The number of hydrogen-bond acceptors (Lipinski definition) is 6. The minimum Gasteiger partial charge on any atom is -0.387 e. The van der Waals surface area contributed by atoms with Crippen molar-refractivity contribution >= 4 is 18.0 Å². The first kappa shape index (κ1) is 11.9. The van der Waals surface area contributed by atoms with Crippen LogP contribution in [-0.2, 0) is 4.79 Å². The Kier molecular flexibility index (Phi) is 5.43. The van der Waals surface area contributed by atoms with E-state index in [9.17, 15) is 4.79 Å². The van der Waals surface area contributed by atoms with Crippen molar-refractivity contribution < 1.29 is 25.2 Å². The van der Waals surface area contributed by atoms with Crippen molar-refractivity contribution in [2.24, 2.45) is 0 Å². The van der Waals surface area contributed by atoms with Crippen LogP contribution in [0.15, 0.2) is 0 Å². The van der Waals surface area contributed by atoms with Crippen LogP contribution in [0.5, 0.6) is 0 Å². The molecule has 72 valence electrons. The normalized spacial score (nSPS) is 21.1. The number of thioether (sulfide) groups is 1. The van der Waals surface area contributed by atoms with E-state index in [0.29, 0.717) is 0 Å². The first-order valence-corrected chi connectivity index (χ1v) is 4.53. The Morgan fingerprint density at radius 3 is 2.00 bits per heavy atom. The largest absolute Gasteiger partial charge is 0.387 e. The quantitative estimate of drug-likeness (QED) is 0.298. The molecular formula is C6H12O5S. The van der Waals surface area contributed by atoms with Gasteiger partial charge in [0.2, 0.25) is 0 Å². The van der Waals surface area contributed by atoms with Crippen LogP contribution in [0.3, 0.4) is 0 Å². The summed E-state index contributed by atoms with van der Waals surface area (Å²) in [6.07, 6.45) is -3.22. The van der Waals surface area contributed by atoms with E-state index < -0.39 is 23.7 Å². The maximum Gasteiger partial charge on any atom is 0.151 e. The molecule has 4 atom stereocenters. The Morgan fingerprint density at radius 2 is 1.67 bits per heavy atom. The Hall–Kier alpha value is -0.140. The lowest BCUT2D eigenvalue weighted by molar-refractivity contribution is -0.129. The molecule has 0 aliphatic heterocycles. The lowest BCUT2D eigenvalue weighted by atomic mass is 10.1. The van der Waals surface area contributed by atoms with Crippen molar-refractivity contribution in [3.63, 3.8) is 0 Å². The second-order valence-corrected chi connectivity index (χ2v) is 3.19. The third-order valence-electron chi connectivity index (χ3n) is 1.37. The molecule has 6 heteroatoms. The van der Waals surface area contributed by atoms with Gasteiger partial charge in [-0.1, -0.05) is 0 Å². The Bertz CT molecular complexity index is 142. The minimum atomic E-state index is -1.67. The summed E-state index contributed by atoms with van der Waals surface area (Å²) in [5.74, 6) is 0. The number of rotatable bonds is 5. The molecule has 12 heavy (non-hydrogen) atoms. The van der Waals surface area contributed by atoms with Crippen molar-refractivity contribution in [3.8, 4) is 0 Å². The summed E-state index contributed by atoms with van der Waals surface area (Å²) >= 11 is 0.908. The fourth-order valence-electron chi connectivity index (χ4n) is 0.591. The molecule has 0 amide bonds. The molecule has 0 heterocycles. The smallest absolute Gasteiger partial charge is 0.151 e. The number of aliphatic hydroxyl groups is 4. The van der Waals surface area contributed by atoms with Crippen molar-refractivity contribution in [1.82, 2.24) is 0 Å². The number of hydrogen-bond donors (Lipinski definition) is 4. The van der Waals surface area contributed by atoms with E-state index in [1.54, 1.807) is 0 Å². The second-order valence-electron chi connectivity index (χ2n) is 2.23. The molecule has 0 saturated heterocycles. The van der Waals surface area contributed by atoms with E-state index in [-0.39, 0.29) is 6.29 Å². The number of carbonyl (C=O) groups is 1. The highest BCUT2D eigenvalue weighted by atomic mass is 32.2. The number of carbonyl (C=O) groups excluding carboxylic acids is 1. The SMILES string of the molecule is CSC(O)C(O)C(O)C(O)C=O. The minimum absolute atomic E-state index is 0.0981. The zero-order valence-corrected chi connectivity index (χ0v) is 7.31. The van der Waals surface area contributed by atoms with Crippen molar-refractivity contribution in [3.05, 3.63) is 0 Å². The third-order valence-corrected chi connectivity index (χ3v) is 2.13. The molecule has 0 aliphatic carbocycles. The molecule has 0 radical (unpaired) electrons. The summed E-state index contributed by atoms with van der Waals surface area (Å²) < 4.78 is 0. The molecule has 0 spiro atoms. The lowest BCUT2D eigenvalue weighted by Gasteiger charge is -2.22. The van der Waals surface area contributed by atoms with E-state index in [2.05, 4.69) is 0 Å². The standard InChI is InChI=1S/C6H12O5S/c1-12-6(11)5(10)4(9)3(8)2-7/h2-6,8-11H,1H3. The molecule has 0 bridgehead atoms. The second kappa shape index (κ2) is 5.50. The predicted octanol–water partition coefficient (Wildman–Crippen LogP) is -2.05. The van der Waals surface area contributed by atoms with E-state index >= 15 is 0 Å². The molecule has 0 saturated carbocycles. The highest BCUT2D eigenvalue weighted by Gasteiger charge is 2.29. The van der Waals surface area contributed by atoms with Crippen molar-refractivity contribution in [2.45, 2.75) is 23.7 Å². The van der Waals surface area contributed by atoms with Crippen LogP contribution in [0.2, 0.25) is 0 Å². The zero-order chi connectivity index (χ0) is 9.72. The van der Waals surface area contributed by atoms with Gasteiger partial charge in [0, 0.05) is 0 Å². The molecular weight excluding hydrogens is 184 g/mol. The fraction of sp³-hybridized carbons (Fsp3) is 0.833. The highest BCUT2D eigenvalue weighted by Crippen LogP contribution is 2.12. The van der Waals surface area contributed by atoms with Gasteiger partial charge in [-0.15, -0.1) is 11.8 Å². The Labute approximate surface area is 74.0 Å². The van der Waals surface area contributed by atoms with Gasteiger partial charge in [0.15, 0.2) is 6.29 Å². The summed E-state index contributed by atoms with van der Waals surface area (Å²) in [4.78, 5) is 9.95. The zero-order valence-electron chi connectivity index (χ0n) is 6.49. The lowest BCUT2D eigenvalue weighted by Crippen LogP contribution is -2.43. The Morgan fingerprint density at radius 1 is 1.17 bits per heavy atom. The van der Waals surface area contributed by atoms with Gasteiger partial charge in [0.1, 0.15) is 23.7 Å². The van der Waals surface area contributed by atoms with Crippen LogP contribution in [0.1, 0.15) is 0 Å². The fourth-order valence-corrected chi connectivity index (χ4v) is 1.03. The molecule has 0 aromatic carbocycles. The average Bonchev–Trinajstić information content (AvgIpc) is 2.12. The van der Waals surface area contributed by atoms with E-state index in [1.807, 2.05) is 0 Å². The van der Waals surface area contributed by atoms with Gasteiger partial charge < -0.3 is 25.2 Å². The van der Waals surface area contributed by atoms with Crippen molar-refractivity contribution in [2.75, 3.05) is 6.26 Å². The van der Waals surface area contributed by atoms with Gasteiger partial charge in [-0.3, -0.25) is 0 Å². The van der Waals surface area contributed by atoms with Gasteiger partial charge in [0.25, 0.3) is 0 Å². The van der Waals surface area contributed by atoms with E-state index in [1.165, 1.54) is 6.26 Å². The van der Waals surface area contributed by atoms with Gasteiger partial charge in [-0.2, -0.15) is 0 Å². The molecule has 4 N–H and O–H groups in total. The van der Waals surface area contributed by atoms with Crippen molar-refractivity contribution in [1.29, 1.82) is 0 Å². The average molecular weight is 196 g/mol. The van der Waals surface area contributed by atoms with Gasteiger partial charge in [-0.05, 0) is 6.26 Å². The summed E-state index contributed by atoms with van der Waals surface area (Å²) in [5, 5.41) is 35.7. The topological polar surface area (TPSA) is 98.0 Å². The predicted molar refractivity (Wildman–Crippen MR) is 43.6 cm³/mol. The Balaban J connectivity index is 4.07.